The highest BCUT2D eigenvalue weighted by molar-refractivity contribution is 6.48. The second kappa shape index (κ2) is 8.85. The van der Waals surface area contributed by atoms with Crippen LogP contribution in [0.4, 0.5) is 4.39 Å². The van der Waals surface area contributed by atoms with E-state index in [9.17, 15) is 14.0 Å². The number of fused-ring (bicyclic) bond motifs is 2. The van der Waals surface area contributed by atoms with Crippen LogP contribution in [0.3, 0.4) is 0 Å². The van der Waals surface area contributed by atoms with E-state index in [0.29, 0.717) is 19.6 Å². The second-order valence-corrected chi connectivity index (χ2v) is 11.7. The number of likely N-dealkylation sites (tertiary alicyclic amines) is 3. The molecule has 4 aliphatic rings. The Morgan fingerprint density at radius 1 is 1.23 bits per heavy atom. The van der Waals surface area contributed by atoms with E-state index in [1.165, 1.54) is 12.1 Å². The van der Waals surface area contributed by atoms with E-state index in [4.69, 9.17) is 9.31 Å². The van der Waals surface area contributed by atoms with Gasteiger partial charge in [0, 0.05) is 38.1 Å². The fourth-order valence-electron chi connectivity index (χ4n) is 6.08. The average molecular weight is 485 g/mol. The molecule has 5 rings (SSSR count). The topological polar surface area (TPSA) is 62.3 Å². The summed E-state index contributed by atoms with van der Waals surface area (Å²) >= 11 is 0. The quantitative estimate of drug-likeness (QED) is 0.580. The summed E-state index contributed by atoms with van der Waals surface area (Å²) in [4.78, 5) is 32.6. The molecule has 2 bridgehead atoms. The Labute approximate surface area is 208 Å². The van der Waals surface area contributed by atoms with Crippen molar-refractivity contribution in [3.8, 4) is 0 Å². The molecular formula is C26H37BFN3O4. The van der Waals surface area contributed by atoms with Gasteiger partial charge in [-0.2, -0.15) is 0 Å². The van der Waals surface area contributed by atoms with Crippen LogP contribution in [-0.4, -0.2) is 82.5 Å². The molecule has 4 fully saturated rings. The molecule has 0 saturated carbocycles. The van der Waals surface area contributed by atoms with Crippen molar-refractivity contribution in [2.24, 2.45) is 5.92 Å². The Kier molecular flexibility index (Phi) is 6.25. The third kappa shape index (κ3) is 4.40. The maximum absolute atomic E-state index is 13.6. The molecule has 35 heavy (non-hydrogen) atoms. The molecule has 2 amide bonds. The van der Waals surface area contributed by atoms with E-state index in [2.05, 4.69) is 4.90 Å². The maximum Gasteiger partial charge on any atom is 0.482 e. The molecule has 4 heterocycles. The molecule has 4 saturated heterocycles. The first-order chi connectivity index (χ1) is 16.5. The molecular weight excluding hydrogens is 448 g/mol. The minimum absolute atomic E-state index is 0.0792. The van der Waals surface area contributed by atoms with Crippen molar-refractivity contribution >= 4 is 18.9 Å². The lowest BCUT2D eigenvalue weighted by Crippen LogP contribution is -2.53. The molecule has 1 aromatic carbocycles. The third-order valence-corrected chi connectivity index (χ3v) is 8.73. The summed E-state index contributed by atoms with van der Waals surface area (Å²) in [6, 6.07) is 6.36. The lowest BCUT2D eigenvalue weighted by molar-refractivity contribution is -0.141. The Morgan fingerprint density at radius 2 is 1.94 bits per heavy atom. The number of benzene rings is 1. The molecule has 0 aliphatic carbocycles. The summed E-state index contributed by atoms with van der Waals surface area (Å²) in [5.41, 5.74) is -0.0379. The van der Waals surface area contributed by atoms with Gasteiger partial charge in [0.05, 0.1) is 23.2 Å². The smallest absolute Gasteiger partial charge is 0.402 e. The van der Waals surface area contributed by atoms with Crippen molar-refractivity contribution in [2.45, 2.75) is 89.7 Å². The monoisotopic (exact) mass is 485 g/mol. The van der Waals surface area contributed by atoms with Crippen molar-refractivity contribution in [1.29, 1.82) is 0 Å². The van der Waals surface area contributed by atoms with Gasteiger partial charge in [0.25, 0.3) is 0 Å². The summed E-state index contributed by atoms with van der Waals surface area (Å²) < 4.78 is 26.1. The van der Waals surface area contributed by atoms with E-state index in [1.54, 1.807) is 6.07 Å². The Morgan fingerprint density at radius 3 is 2.60 bits per heavy atom. The van der Waals surface area contributed by atoms with E-state index in [0.717, 1.165) is 31.4 Å². The van der Waals surface area contributed by atoms with Crippen LogP contribution in [0.1, 0.15) is 59.4 Å². The van der Waals surface area contributed by atoms with Crippen molar-refractivity contribution in [3.63, 3.8) is 0 Å². The fraction of sp³-hybridized carbons (Fsp3) is 0.692. The van der Waals surface area contributed by atoms with Gasteiger partial charge in [0.1, 0.15) is 5.82 Å². The number of hydrogen-bond acceptors (Lipinski definition) is 5. The first-order valence-electron chi connectivity index (χ1n) is 12.9. The normalized spacial score (nSPS) is 30.5. The standard InChI is InChI=1S/C26H37BFN3O4/c1-17(23(32)30-11-7-10-22(30)27-34-25(2,3)26(4,5)35-27)14-29-16-20-13-21(29)24(33)31(20)15-18-8-6-9-19(28)12-18/h6,8-9,12,17,20-22H,7,10-11,13-16H2,1-5H3/t17-,20+,21?,22?/m0/s1. The zero-order valence-electron chi connectivity index (χ0n) is 21.5. The first kappa shape index (κ1) is 24.7. The van der Waals surface area contributed by atoms with E-state index in [-0.39, 0.29) is 41.6 Å². The fourth-order valence-corrected chi connectivity index (χ4v) is 6.08. The zero-order chi connectivity index (χ0) is 25.1. The van der Waals surface area contributed by atoms with Gasteiger partial charge in [0.2, 0.25) is 11.8 Å². The van der Waals surface area contributed by atoms with Gasteiger partial charge < -0.3 is 19.1 Å². The summed E-state index contributed by atoms with van der Waals surface area (Å²) in [5.74, 6) is -0.393. The van der Waals surface area contributed by atoms with Crippen molar-refractivity contribution in [2.75, 3.05) is 19.6 Å². The molecule has 2 unspecified atom stereocenters. The maximum atomic E-state index is 13.6. The number of nitrogens with zero attached hydrogens (tertiary/aromatic N) is 3. The van der Waals surface area contributed by atoms with Gasteiger partial charge in [-0.25, -0.2) is 4.39 Å². The average Bonchev–Trinajstić information content (AvgIpc) is 3.52. The number of amides is 2. The number of rotatable bonds is 6. The van der Waals surface area contributed by atoms with Crippen LogP contribution in [0.25, 0.3) is 0 Å². The van der Waals surface area contributed by atoms with Gasteiger partial charge in [-0.15, -0.1) is 0 Å². The number of piperazine rings is 1. The molecule has 1 aromatic rings. The lowest BCUT2D eigenvalue weighted by Gasteiger charge is -2.36. The van der Waals surface area contributed by atoms with Gasteiger partial charge in [-0.1, -0.05) is 19.1 Å². The highest BCUT2D eigenvalue weighted by atomic mass is 19.1. The molecule has 190 valence electrons. The Hall–Kier alpha value is -1.97. The molecule has 9 heteroatoms. The van der Waals surface area contributed by atoms with Crippen LogP contribution in [-0.2, 0) is 25.4 Å². The third-order valence-electron chi connectivity index (χ3n) is 8.73. The van der Waals surface area contributed by atoms with E-state index in [1.807, 2.05) is 50.5 Å². The number of carbonyl (C=O) groups excluding carboxylic acids is 2. The van der Waals surface area contributed by atoms with Crippen molar-refractivity contribution in [3.05, 3.63) is 35.6 Å². The number of carbonyl (C=O) groups is 2. The number of halogens is 1. The highest BCUT2D eigenvalue weighted by Gasteiger charge is 2.56. The van der Waals surface area contributed by atoms with E-state index < -0.39 is 18.3 Å². The van der Waals surface area contributed by atoms with E-state index >= 15 is 0 Å². The molecule has 4 atom stereocenters. The molecule has 0 N–H and O–H groups in total. The summed E-state index contributed by atoms with van der Waals surface area (Å²) in [6.45, 7) is 12.6. The van der Waals surface area contributed by atoms with Gasteiger partial charge in [0.15, 0.2) is 0 Å². The van der Waals surface area contributed by atoms with Gasteiger partial charge in [-0.3, -0.25) is 14.5 Å². The minimum Gasteiger partial charge on any atom is -0.402 e. The van der Waals surface area contributed by atoms with Crippen LogP contribution >= 0.6 is 0 Å². The van der Waals surface area contributed by atoms with Crippen LogP contribution in [0.15, 0.2) is 24.3 Å². The largest absolute Gasteiger partial charge is 0.482 e. The van der Waals surface area contributed by atoms with Crippen LogP contribution in [0.2, 0.25) is 0 Å². The summed E-state index contributed by atoms with van der Waals surface area (Å²) in [7, 11) is -0.417. The minimum atomic E-state index is -0.423. The zero-order valence-corrected chi connectivity index (χ0v) is 21.5. The lowest BCUT2D eigenvalue weighted by atomic mass is 9.76. The van der Waals surface area contributed by atoms with Crippen LogP contribution in [0, 0.1) is 11.7 Å². The highest BCUT2D eigenvalue weighted by Crippen LogP contribution is 2.40. The van der Waals surface area contributed by atoms with Crippen molar-refractivity contribution in [1.82, 2.24) is 14.7 Å². The molecule has 4 aliphatic heterocycles. The second-order valence-electron chi connectivity index (χ2n) is 11.7. The predicted octanol–water partition coefficient (Wildman–Crippen LogP) is 2.87. The SMILES string of the molecule is C[C@@H](CN1C[C@H]2CC1C(=O)N2Cc1cccc(F)c1)C(=O)N1CCCC1B1OC(C)(C)C(C)(C)O1. The molecule has 0 aromatic heterocycles. The molecule has 0 radical (unpaired) electrons. The Bertz CT molecular complexity index is 989. The van der Waals surface area contributed by atoms with Crippen LogP contribution < -0.4 is 0 Å². The summed E-state index contributed by atoms with van der Waals surface area (Å²) in [5, 5.41) is 0. The molecule has 0 spiro atoms. The summed E-state index contributed by atoms with van der Waals surface area (Å²) in [6.07, 6.45) is 2.59. The molecule has 7 nitrogen and oxygen atoms in total. The number of hydrogen-bond donors (Lipinski definition) is 0. The Balaban J connectivity index is 1.19. The van der Waals surface area contributed by atoms with Gasteiger partial charge >= 0.3 is 7.12 Å². The van der Waals surface area contributed by atoms with Crippen LogP contribution in [0.5, 0.6) is 0 Å². The van der Waals surface area contributed by atoms with Crippen molar-refractivity contribution < 1.29 is 23.3 Å². The first-order valence-corrected chi connectivity index (χ1v) is 12.9. The predicted molar refractivity (Wildman–Crippen MR) is 131 cm³/mol. The van der Waals surface area contributed by atoms with Gasteiger partial charge in [-0.05, 0) is 64.7 Å².